The summed E-state index contributed by atoms with van der Waals surface area (Å²) in [4.78, 5) is 30.4. The average molecular weight is 464 g/mol. The van der Waals surface area contributed by atoms with Gasteiger partial charge in [-0.3, -0.25) is 4.79 Å². The van der Waals surface area contributed by atoms with Gasteiger partial charge in [0, 0.05) is 30.8 Å². The van der Waals surface area contributed by atoms with Crippen LogP contribution in [0.1, 0.15) is 25.5 Å². The van der Waals surface area contributed by atoms with Gasteiger partial charge in [0.1, 0.15) is 11.8 Å². The minimum Gasteiger partial charge on any atom is -0.482 e. The maximum atomic E-state index is 12.8. The Hall–Kier alpha value is -4.26. The van der Waals surface area contributed by atoms with E-state index in [0.29, 0.717) is 49.0 Å². The molecule has 1 aromatic carbocycles. The first-order valence-corrected chi connectivity index (χ1v) is 11.0. The van der Waals surface area contributed by atoms with Crippen LogP contribution in [0.3, 0.4) is 0 Å². The van der Waals surface area contributed by atoms with Crippen molar-refractivity contribution in [2.45, 2.75) is 19.8 Å². The van der Waals surface area contributed by atoms with Crippen molar-refractivity contribution in [3.63, 3.8) is 0 Å². The number of nitrogens with one attached hydrogen (secondary N) is 1. The van der Waals surface area contributed by atoms with E-state index in [-0.39, 0.29) is 36.6 Å². The van der Waals surface area contributed by atoms with Crippen molar-refractivity contribution in [1.29, 1.82) is 5.26 Å². The van der Waals surface area contributed by atoms with Crippen LogP contribution in [-0.2, 0) is 14.3 Å². The summed E-state index contributed by atoms with van der Waals surface area (Å²) in [5.41, 5.74) is 0.771. The van der Waals surface area contributed by atoms with Crippen LogP contribution < -0.4 is 15.0 Å². The van der Waals surface area contributed by atoms with Crippen LogP contribution in [0.25, 0.3) is 11.7 Å². The molecule has 0 bridgehead atoms. The van der Waals surface area contributed by atoms with Crippen molar-refractivity contribution in [3.05, 3.63) is 48.4 Å². The zero-order valence-corrected chi connectivity index (χ0v) is 18.7. The quantitative estimate of drug-likeness (QED) is 0.497. The summed E-state index contributed by atoms with van der Waals surface area (Å²) >= 11 is 0. The van der Waals surface area contributed by atoms with Gasteiger partial charge in [0.25, 0.3) is 5.89 Å². The summed E-state index contributed by atoms with van der Waals surface area (Å²) in [5.74, 6) is 0.801. The van der Waals surface area contributed by atoms with Crippen molar-refractivity contribution in [2.75, 3.05) is 36.5 Å². The number of esters is 1. The molecule has 1 fully saturated rings. The van der Waals surface area contributed by atoms with E-state index in [1.54, 1.807) is 43.3 Å². The van der Waals surface area contributed by atoms with Crippen molar-refractivity contribution in [1.82, 2.24) is 4.98 Å². The van der Waals surface area contributed by atoms with E-state index in [0.717, 1.165) is 0 Å². The van der Waals surface area contributed by atoms with Crippen molar-refractivity contribution in [3.8, 4) is 23.5 Å². The van der Waals surface area contributed by atoms with Crippen LogP contribution in [0.5, 0.6) is 5.75 Å². The highest BCUT2D eigenvalue weighted by Crippen LogP contribution is 2.31. The number of anilines is 2. The van der Waals surface area contributed by atoms with Gasteiger partial charge in [-0.2, -0.15) is 10.2 Å². The molecular formula is C24H24N4O6. The van der Waals surface area contributed by atoms with Gasteiger partial charge in [-0.15, -0.1) is 0 Å². The highest BCUT2D eigenvalue weighted by molar-refractivity contribution is 5.92. The number of nitrogens with zero attached hydrogens (tertiary/aromatic N) is 3. The molecule has 3 heterocycles. The number of oxazole rings is 1. The van der Waals surface area contributed by atoms with Gasteiger partial charge >= 0.3 is 5.97 Å². The molecule has 4 rings (SSSR count). The molecule has 1 aliphatic rings. The molecular weight excluding hydrogens is 440 g/mol. The molecule has 1 saturated heterocycles. The number of piperidine rings is 1. The number of carbonyl (C=O) groups excluding carboxylic acids is 2. The summed E-state index contributed by atoms with van der Waals surface area (Å²) in [6.45, 7) is 2.91. The second kappa shape index (κ2) is 10.6. The first kappa shape index (κ1) is 22.9. The number of benzene rings is 1. The molecule has 0 saturated carbocycles. The first-order valence-electron chi connectivity index (χ1n) is 11.0. The number of hydrogen-bond acceptors (Lipinski definition) is 9. The number of furan rings is 1. The van der Waals surface area contributed by atoms with Gasteiger partial charge in [-0.25, -0.2) is 4.79 Å². The fourth-order valence-electron chi connectivity index (χ4n) is 3.70. The SMILES string of the molecule is CCOC(=O)COc1cccc(NC(=O)C2CCN(c3oc(-c4ccco4)nc3C#N)CC2)c1. The monoisotopic (exact) mass is 464 g/mol. The molecule has 10 heteroatoms. The number of rotatable bonds is 8. The molecule has 10 nitrogen and oxygen atoms in total. The van der Waals surface area contributed by atoms with E-state index in [4.69, 9.17) is 18.3 Å². The minimum atomic E-state index is -0.453. The standard InChI is InChI=1S/C24H24N4O6/c1-2-31-21(29)15-33-18-6-3-5-17(13-18)26-22(30)16-8-10-28(11-9-16)24-19(14-25)27-23(34-24)20-7-4-12-32-20/h3-7,12-13,16H,2,8-11,15H2,1H3,(H,26,30). The molecule has 1 aliphatic heterocycles. The van der Waals surface area contributed by atoms with Crippen LogP contribution >= 0.6 is 0 Å². The van der Waals surface area contributed by atoms with E-state index in [1.165, 1.54) is 6.26 Å². The minimum absolute atomic E-state index is 0.100. The third-order valence-electron chi connectivity index (χ3n) is 5.36. The third-order valence-corrected chi connectivity index (χ3v) is 5.36. The molecule has 1 N–H and O–H groups in total. The summed E-state index contributed by atoms with van der Waals surface area (Å²) in [5, 5.41) is 12.4. The maximum absolute atomic E-state index is 12.8. The van der Waals surface area contributed by atoms with E-state index < -0.39 is 5.97 Å². The Morgan fingerprint density at radius 3 is 2.79 bits per heavy atom. The number of carbonyl (C=O) groups is 2. The van der Waals surface area contributed by atoms with Crippen molar-refractivity contribution in [2.24, 2.45) is 5.92 Å². The van der Waals surface area contributed by atoms with Crippen molar-refractivity contribution >= 4 is 23.4 Å². The molecule has 2 aromatic heterocycles. The Morgan fingerprint density at radius 1 is 1.26 bits per heavy atom. The lowest BCUT2D eigenvalue weighted by Gasteiger charge is -2.31. The predicted molar refractivity (Wildman–Crippen MR) is 121 cm³/mol. The Labute approximate surface area is 196 Å². The fraction of sp³-hybridized carbons (Fsp3) is 0.333. The average Bonchev–Trinajstić information content (AvgIpc) is 3.53. The lowest BCUT2D eigenvalue weighted by atomic mass is 9.96. The van der Waals surface area contributed by atoms with Gasteiger partial charge in [0.2, 0.25) is 17.5 Å². The Bertz CT molecular complexity index is 1170. The van der Waals surface area contributed by atoms with E-state index in [9.17, 15) is 14.9 Å². The van der Waals surface area contributed by atoms with E-state index in [2.05, 4.69) is 16.4 Å². The molecule has 1 amide bonds. The number of amides is 1. The molecule has 34 heavy (non-hydrogen) atoms. The molecule has 0 spiro atoms. The van der Waals surface area contributed by atoms with Crippen LogP contribution in [0.2, 0.25) is 0 Å². The molecule has 0 unspecified atom stereocenters. The number of hydrogen-bond donors (Lipinski definition) is 1. The predicted octanol–water partition coefficient (Wildman–Crippen LogP) is 3.60. The summed E-state index contributed by atoms with van der Waals surface area (Å²) in [6.07, 6.45) is 2.69. The second-order valence-electron chi connectivity index (χ2n) is 7.63. The van der Waals surface area contributed by atoms with Crippen molar-refractivity contribution < 1.29 is 27.9 Å². The topological polar surface area (TPSA) is 131 Å². The van der Waals surface area contributed by atoms with Crippen LogP contribution in [-0.4, -0.2) is 43.2 Å². The fourth-order valence-corrected chi connectivity index (χ4v) is 3.70. The highest BCUT2D eigenvalue weighted by Gasteiger charge is 2.29. The molecule has 0 aliphatic carbocycles. The zero-order chi connectivity index (χ0) is 23.9. The van der Waals surface area contributed by atoms with Crippen LogP contribution in [0, 0.1) is 17.2 Å². The van der Waals surface area contributed by atoms with E-state index in [1.807, 2.05) is 4.90 Å². The number of nitriles is 1. The smallest absolute Gasteiger partial charge is 0.344 e. The van der Waals surface area contributed by atoms with Gasteiger partial charge in [-0.05, 0) is 44.0 Å². The van der Waals surface area contributed by atoms with Gasteiger partial charge in [-0.1, -0.05) is 6.07 Å². The molecule has 176 valence electrons. The van der Waals surface area contributed by atoms with Crippen LogP contribution in [0.15, 0.2) is 51.5 Å². The second-order valence-corrected chi connectivity index (χ2v) is 7.63. The normalized spacial score (nSPS) is 13.8. The zero-order valence-electron chi connectivity index (χ0n) is 18.7. The Balaban J connectivity index is 1.33. The Kier molecular flexibility index (Phi) is 7.13. The molecule has 0 atom stereocenters. The van der Waals surface area contributed by atoms with Gasteiger partial charge in [0.15, 0.2) is 12.4 Å². The third kappa shape index (κ3) is 5.38. The Morgan fingerprint density at radius 2 is 2.09 bits per heavy atom. The molecule has 0 radical (unpaired) electrons. The van der Waals surface area contributed by atoms with Gasteiger partial charge in [0.05, 0.1) is 12.9 Å². The summed E-state index contributed by atoms with van der Waals surface area (Å²) < 4.78 is 21.4. The van der Waals surface area contributed by atoms with Gasteiger partial charge < -0.3 is 28.5 Å². The number of ether oxygens (including phenoxy) is 2. The van der Waals surface area contributed by atoms with Crippen LogP contribution in [0.4, 0.5) is 11.6 Å². The largest absolute Gasteiger partial charge is 0.482 e. The number of aromatic nitrogens is 1. The first-order chi connectivity index (χ1) is 16.6. The summed E-state index contributed by atoms with van der Waals surface area (Å²) in [7, 11) is 0. The lowest BCUT2D eigenvalue weighted by Crippen LogP contribution is -2.38. The summed E-state index contributed by atoms with van der Waals surface area (Å²) in [6, 6.07) is 12.4. The maximum Gasteiger partial charge on any atom is 0.344 e. The lowest BCUT2D eigenvalue weighted by molar-refractivity contribution is -0.145. The highest BCUT2D eigenvalue weighted by atomic mass is 16.6. The van der Waals surface area contributed by atoms with E-state index >= 15 is 0 Å². The molecule has 3 aromatic rings.